The van der Waals surface area contributed by atoms with Gasteiger partial charge in [0.2, 0.25) is 11.8 Å². The molecular formula is C41H65N3O4S. The number of thiophene rings is 1. The lowest BCUT2D eigenvalue weighted by molar-refractivity contribution is -0.138. The van der Waals surface area contributed by atoms with E-state index in [1.807, 2.05) is 23.5 Å². The molecule has 0 saturated carbocycles. The van der Waals surface area contributed by atoms with Crippen LogP contribution in [-0.4, -0.2) is 60.0 Å². The summed E-state index contributed by atoms with van der Waals surface area (Å²) in [5, 5.41) is 18.2. The van der Waals surface area contributed by atoms with Crippen molar-refractivity contribution in [1.29, 1.82) is 0 Å². The topological polar surface area (TPSA) is 98.7 Å². The van der Waals surface area contributed by atoms with Gasteiger partial charge >= 0.3 is 5.97 Å². The fourth-order valence-corrected chi connectivity index (χ4v) is 7.95. The van der Waals surface area contributed by atoms with E-state index in [4.69, 9.17) is 0 Å². The standard InChI is InChI=1S/C41H65N3O4S/c1-3-27-42-39(45)22-15-13-11-9-7-5-6-8-10-12-14-16-23-40(46)43-32-38(41(47)48)37-21-17-19-33-31-34(24-25-36(33)37)44(28-4-2)29-26-35-20-18-30-49-35/h17-21,30,34,38H,3-16,22-29,31-32H2,1-2H3,(H,42,45)(H,43,46)(H,47,48). The van der Waals surface area contributed by atoms with Gasteiger partial charge < -0.3 is 15.7 Å². The first-order valence-corrected chi connectivity index (χ1v) is 20.4. The van der Waals surface area contributed by atoms with Gasteiger partial charge in [-0.2, -0.15) is 0 Å². The summed E-state index contributed by atoms with van der Waals surface area (Å²) in [5.41, 5.74) is 3.32. The van der Waals surface area contributed by atoms with Crippen LogP contribution in [-0.2, 0) is 33.6 Å². The summed E-state index contributed by atoms with van der Waals surface area (Å²) in [7, 11) is 0. The molecule has 0 fully saturated rings. The lowest BCUT2D eigenvalue weighted by Gasteiger charge is -2.36. The smallest absolute Gasteiger partial charge is 0.312 e. The van der Waals surface area contributed by atoms with E-state index in [9.17, 15) is 19.5 Å². The Bertz CT molecular complexity index is 1220. The average molecular weight is 696 g/mol. The van der Waals surface area contributed by atoms with Gasteiger partial charge in [-0.25, -0.2) is 0 Å². The Balaban J connectivity index is 1.29. The number of carboxylic acid groups (broad SMARTS) is 1. The summed E-state index contributed by atoms with van der Waals surface area (Å²) in [4.78, 5) is 40.8. The molecule has 1 aromatic heterocycles. The number of unbranched alkanes of at least 4 members (excludes halogenated alkanes) is 11. The van der Waals surface area contributed by atoms with Gasteiger partial charge in [-0.1, -0.05) is 102 Å². The van der Waals surface area contributed by atoms with E-state index in [1.165, 1.54) is 60.9 Å². The first-order chi connectivity index (χ1) is 23.9. The first-order valence-electron chi connectivity index (χ1n) is 19.6. The van der Waals surface area contributed by atoms with E-state index >= 15 is 0 Å². The summed E-state index contributed by atoms with van der Waals surface area (Å²) < 4.78 is 0. The highest BCUT2D eigenvalue weighted by Gasteiger charge is 2.29. The number of nitrogens with one attached hydrogen (secondary N) is 2. The van der Waals surface area contributed by atoms with Crippen molar-refractivity contribution < 1.29 is 19.5 Å². The van der Waals surface area contributed by atoms with Crippen molar-refractivity contribution in [2.24, 2.45) is 0 Å². The quantitative estimate of drug-likeness (QED) is 0.0812. The molecule has 0 aliphatic heterocycles. The zero-order chi connectivity index (χ0) is 35.1. The van der Waals surface area contributed by atoms with Gasteiger partial charge in [-0.3, -0.25) is 19.3 Å². The Morgan fingerprint density at radius 2 is 1.45 bits per heavy atom. The van der Waals surface area contributed by atoms with Crippen molar-refractivity contribution in [2.45, 2.75) is 154 Å². The van der Waals surface area contributed by atoms with Crippen LogP contribution in [0.2, 0.25) is 0 Å². The van der Waals surface area contributed by atoms with E-state index in [-0.39, 0.29) is 18.4 Å². The van der Waals surface area contributed by atoms with Crippen LogP contribution in [0.3, 0.4) is 0 Å². The molecule has 1 heterocycles. The van der Waals surface area contributed by atoms with E-state index in [0.717, 1.165) is 95.8 Å². The zero-order valence-electron chi connectivity index (χ0n) is 30.6. The minimum absolute atomic E-state index is 0.0429. The third-order valence-corrected chi connectivity index (χ3v) is 11.0. The van der Waals surface area contributed by atoms with Crippen LogP contribution in [0.25, 0.3) is 0 Å². The molecule has 2 unspecified atom stereocenters. The molecule has 2 atom stereocenters. The maximum atomic E-state index is 12.7. The number of carbonyl (C=O) groups excluding carboxylic acids is 2. The minimum Gasteiger partial charge on any atom is -0.481 e. The largest absolute Gasteiger partial charge is 0.481 e. The Morgan fingerprint density at radius 3 is 2.02 bits per heavy atom. The highest BCUT2D eigenvalue weighted by Crippen LogP contribution is 2.32. The maximum Gasteiger partial charge on any atom is 0.312 e. The second kappa shape index (κ2) is 24.4. The van der Waals surface area contributed by atoms with Gasteiger partial charge in [0.15, 0.2) is 0 Å². The van der Waals surface area contributed by atoms with Gasteiger partial charge in [0.1, 0.15) is 0 Å². The molecule has 2 amide bonds. The molecule has 7 nitrogen and oxygen atoms in total. The molecule has 0 spiro atoms. The molecule has 1 aromatic carbocycles. The number of hydrogen-bond acceptors (Lipinski definition) is 5. The maximum absolute atomic E-state index is 12.7. The molecule has 0 radical (unpaired) electrons. The van der Waals surface area contributed by atoms with Crippen LogP contribution in [0.15, 0.2) is 35.7 Å². The SMILES string of the molecule is CCCNC(=O)CCCCCCCCCCCCCCC(=O)NCC(C(=O)O)c1cccc2c1CCC(N(CCC)CCc1cccs1)C2. The molecule has 2 aromatic rings. The summed E-state index contributed by atoms with van der Waals surface area (Å²) in [5.74, 6) is -1.44. The van der Waals surface area contributed by atoms with E-state index in [1.54, 1.807) is 0 Å². The number of fused-ring (bicyclic) bond motifs is 1. The van der Waals surface area contributed by atoms with Gasteiger partial charge in [0.05, 0.1) is 5.92 Å². The lowest BCUT2D eigenvalue weighted by Crippen LogP contribution is -2.41. The van der Waals surface area contributed by atoms with Crippen molar-refractivity contribution in [3.63, 3.8) is 0 Å². The number of carboxylic acids is 1. The number of hydrogen-bond donors (Lipinski definition) is 3. The van der Waals surface area contributed by atoms with Crippen LogP contribution < -0.4 is 10.6 Å². The molecule has 274 valence electrons. The second-order valence-electron chi connectivity index (χ2n) is 14.0. The predicted octanol–water partition coefficient (Wildman–Crippen LogP) is 8.83. The number of nitrogens with zero attached hydrogens (tertiary/aromatic N) is 1. The molecule has 8 heteroatoms. The van der Waals surface area contributed by atoms with Crippen LogP contribution in [0.4, 0.5) is 0 Å². The third kappa shape index (κ3) is 15.8. The molecule has 1 aliphatic carbocycles. The van der Waals surface area contributed by atoms with Crippen molar-refractivity contribution in [3.05, 3.63) is 57.3 Å². The number of aliphatic carboxylic acids is 1. The summed E-state index contributed by atoms with van der Waals surface area (Å²) in [6.45, 7) is 7.39. The number of amides is 2. The van der Waals surface area contributed by atoms with Crippen LogP contribution in [0.5, 0.6) is 0 Å². The van der Waals surface area contributed by atoms with Crippen molar-refractivity contribution in [1.82, 2.24) is 15.5 Å². The van der Waals surface area contributed by atoms with Gasteiger partial charge in [-0.05, 0) is 86.0 Å². The van der Waals surface area contributed by atoms with Crippen molar-refractivity contribution >= 4 is 29.1 Å². The molecule has 0 saturated heterocycles. The molecule has 3 N–H and O–H groups in total. The number of carbonyl (C=O) groups is 3. The van der Waals surface area contributed by atoms with Gasteiger partial charge in [0, 0.05) is 43.4 Å². The highest BCUT2D eigenvalue weighted by atomic mass is 32.1. The molecule has 3 rings (SSSR count). The van der Waals surface area contributed by atoms with E-state index < -0.39 is 11.9 Å². The van der Waals surface area contributed by atoms with Gasteiger partial charge in [-0.15, -0.1) is 11.3 Å². The monoisotopic (exact) mass is 695 g/mol. The Hall–Kier alpha value is -2.71. The molecule has 49 heavy (non-hydrogen) atoms. The van der Waals surface area contributed by atoms with Crippen molar-refractivity contribution in [2.75, 3.05) is 26.2 Å². The highest BCUT2D eigenvalue weighted by molar-refractivity contribution is 7.09. The molecular weight excluding hydrogens is 631 g/mol. The molecule has 1 aliphatic rings. The van der Waals surface area contributed by atoms with Crippen LogP contribution in [0, 0.1) is 0 Å². The third-order valence-electron chi connectivity index (χ3n) is 10.1. The summed E-state index contributed by atoms with van der Waals surface area (Å²) in [6, 6.07) is 11.0. The predicted molar refractivity (Wildman–Crippen MR) is 203 cm³/mol. The van der Waals surface area contributed by atoms with Crippen molar-refractivity contribution in [3.8, 4) is 0 Å². The molecule has 0 bridgehead atoms. The normalized spacial score (nSPS) is 14.8. The minimum atomic E-state index is -0.869. The number of benzene rings is 1. The lowest BCUT2D eigenvalue weighted by atomic mass is 9.81. The van der Waals surface area contributed by atoms with Gasteiger partial charge in [0.25, 0.3) is 0 Å². The number of rotatable bonds is 27. The summed E-state index contributed by atoms with van der Waals surface area (Å²) >= 11 is 1.83. The fourth-order valence-electron chi connectivity index (χ4n) is 7.25. The average Bonchev–Trinajstić information content (AvgIpc) is 3.63. The van der Waals surface area contributed by atoms with E-state index in [2.05, 4.69) is 53.0 Å². The Kier molecular flexibility index (Phi) is 20.3. The van der Waals surface area contributed by atoms with Crippen LogP contribution >= 0.6 is 11.3 Å². The Morgan fingerprint density at radius 1 is 0.816 bits per heavy atom. The van der Waals surface area contributed by atoms with E-state index in [0.29, 0.717) is 18.9 Å². The first kappa shape index (κ1) is 40.7. The van der Waals surface area contributed by atoms with Crippen LogP contribution in [0.1, 0.15) is 150 Å². The second-order valence-corrected chi connectivity index (χ2v) is 15.1. The fraction of sp³-hybridized carbons (Fsp3) is 0.683. The zero-order valence-corrected chi connectivity index (χ0v) is 31.4. The Labute approximate surface area is 301 Å². The summed E-state index contributed by atoms with van der Waals surface area (Å²) in [6.07, 6.45) is 21.1.